The van der Waals surface area contributed by atoms with Crippen LogP contribution >= 0.6 is 0 Å². The number of likely N-dealkylation sites (N-methyl/N-ethyl adjacent to an activating group) is 1. The SMILES string of the molecule is CN1CCC2(CCN(C(=O)[C@@H](c3ccc(F)cc3)N(C)C)CC2)C1. The Balaban J connectivity index is 1.69. The molecule has 1 spiro atoms. The van der Waals surface area contributed by atoms with Gasteiger partial charge in [0.15, 0.2) is 0 Å². The van der Waals surface area contributed by atoms with E-state index >= 15 is 0 Å². The standard InChI is InChI=1S/C19H28FN3O/c1-21(2)17(15-4-6-16(20)7-5-15)18(24)23-12-9-19(10-13-23)8-11-22(3)14-19/h4-7,17H,8-14H2,1-3H3/t17-/m1/s1. The highest BCUT2D eigenvalue weighted by Crippen LogP contribution is 2.40. The van der Waals surface area contributed by atoms with Gasteiger partial charge in [0.05, 0.1) is 0 Å². The van der Waals surface area contributed by atoms with Gasteiger partial charge in [-0.1, -0.05) is 12.1 Å². The van der Waals surface area contributed by atoms with Crippen molar-refractivity contribution < 1.29 is 9.18 Å². The Kier molecular flexibility index (Phi) is 4.92. The number of carbonyl (C=O) groups is 1. The van der Waals surface area contributed by atoms with E-state index in [1.807, 2.05) is 23.9 Å². The quantitative estimate of drug-likeness (QED) is 0.850. The summed E-state index contributed by atoms with van der Waals surface area (Å²) in [6.07, 6.45) is 3.43. The number of amides is 1. The molecule has 0 radical (unpaired) electrons. The van der Waals surface area contributed by atoms with Gasteiger partial charge in [-0.15, -0.1) is 0 Å². The number of hydrogen-bond donors (Lipinski definition) is 0. The summed E-state index contributed by atoms with van der Waals surface area (Å²) in [6.45, 7) is 3.99. The van der Waals surface area contributed by atoms with E-state index in [0.717, 1.165) is 38.0 Å². The second kappa shape index (κ2) is 6.81. The van der Waals surface area contributed by atoms with Crippen molar-refractivity contribution >= 4 is 5.91 Å². The van der Waals surface area contributed by atoms with Crippen LogP contribution in [-0.4, -0.2) is 67.9 Å². The molecule has 2 saturated heterocycles. The molecule has 0 unspecified atom stereocenters. The molecule has 1 amide bonds. The number of likely N-dealkylation sites (tertiary alicyclic amines) is 2. The monoisotopic (exact) mass is 333 g/mol. The topological polar surface area (TPSA) is 26.8 Å². The van der Waals surface area contributed by atoms with Gasteiger partial charge in [0.1, 0.15) is 11.9 Å². The van der Waals surface area contributed by atoms with Gasteiger partial charge < -0.3 is 9.80 Å². The molecule has 24 heavy (non-hydrogen) atoms. The smallest absolute Gasteiger partial charge is 0.244 e. The predicted molar refractivity (Wildman–Crippen MR) is 93.2 cm³/mol. The van der Waals surface area contributed by atoms with Gasteiger partial charge in [-0.25, -0.2) is 4.39 Å². The highest BCUT2D eigenvalue weighted by Gasteiger charge is 2.41. The van der Waals surface area contributed by atoms with E-state index in [4.69, 9.17) is 0 Å². The lowest BCUT2D eigenvalue weighted by atomic mass is 9.77. The summed E-state index contributed by atoms with van der Waals surface area (Å²) in [5.41, 5.74) is 1.27. The fraction of sp³-hybridized carbons (Fsp3) is 0.632. The Morgan fingerprint density at radius 2 is 1.71 bits per heavy atom. The molecule has 4 nitrogen and oxygen atoms in total. The van der Waals surface area contributed by atoms with Gasteiger partial charge in [0.2, 0.25) is 5.91 Å². The fourth-order valence-corrected chi connectivity index (χ4v) is 4.25. The average Bonchev–Trinajstić information content (AvgIpc) is 2.90. The van der Waals surface area contributed by atoms with Gasteiger partial charge in [-0.3, -0.25) is 9.69 Å². The first kappa shape index (κ1) is 17.4. The lowest BCUT2D eigenvalue weighted by molar-refractivity contribution is -0.138. The molecule has 0 aromatic heterocycles. The molecule has 5 heteroatoms. The number of halogens is 1. The first-order valence-electron chi connectivity index (χ1n) is 8.79. The van der Waals surface area contributed by atoms with Crippen molar-refractivity contribution in [3.63, 3.8) is 0 Å². The van der Waals surface area contributed by atoms with Crippen molar-refractivity contribution in [3.05, 3.63) is 35.6 Å². The molecule has 1 aromatic carbocycles. The molecule has 1 aromatic rings. The maximum Gasteiger partial charge on any atom is 0.244 e. The van der Waals surface area contributed by atoms with Gasteiger partial charge >= 0.3 is 0 Å². The van der Waals surface area contributed by atoms with Gasteiger partial charge in [-0.05, 0) is 70.1 Å². The number of rotatable bonds is 3. The van der Waals surface area contributed by atoms with Crippen molar-refractivity contribution in [3.8, 4) is 0 Å². The molecule has 0 N–H and O–H groups in total. The molecule has 3 rings (SSSR count). The minimum absolute atomic E-state index is 0.132. The Labute approximate surface area is 144 Å². The lowest BCUT2D eigenvalue weighted by Gasteiger charge is -2.41. The summed E-state index contributed by atoms with van der Waals surface area (Å²) in [5, 5.41) is 0. The molecule has 1 atom stereocenters. The maximum atomic E-state index is 13.2. The highest BCUT2D eigenvalue weighted by molar-refractivity contribution is 5.83. The van der Waals surface area contributed by atoms with Crippen LogP contribution in [0.15, 0.2) is 24.3 Å². The van der Waals surface area contributed by atoms with E-state index in [1.165, 1.54) is 25.1 Å². The van der Waals surface area contributed by atoms with Crippen molar-refractivity contribution in [2.24, 2.45) is 5.41 Å². The number of hydrogen-bond acceptors (Lipinski definition) is 3. The number of carbonyl (C=O) groups excluding carboxylic acids is 1. The zero-order valence-corrected chi connectivity index (χ0v) is 15.0. The normalized spacial score (nSPS) is 22.3. The van der Waals surface area contributed by atoms with E-state index in [-0.39, 0.29) is 17.8 Å². The summed E-state index contributed by atoms with van der Waals surface area (Å²) in [6, 6.07) is 5.95. The van der Waals surface area contributed by atoms with E-state index in [9.17, 15) is 9.18 Å². The van der Waals surface area contributed by atoms with Crippen LogP contribution in [0.25, 0.3) is 0 Å². The number of piperidine rings is 1. The molecule has 2 aliphatic heterocycles. The van der Waals surface area contributed by atoms with Crippen molar-refractivity contribution in [2.75, 3.05) is 47.3 Å². The van der Waals surface area contributed by atoms with Crippen LogP contribution < -0.4 is 0 Å². The van der Waals surface area contributed by atoms with E-state index in [0.29, 0.717) is 5.41 Å². The number of benzene rings is 1. The summed E-state index contributed by atoms with van der Waals surface area (Å²) in [5.74, 6) is -0.137. The van der Waals surface area contributed by atoms with E-state index in [2.05, 4.69) is 11.9 Å². The molecule has 132 valence electrons. The van der Waals surface area contributed by atoms with Crippen molar-refractivity contribution in [2.45, 2.75) is 25.3 Å². The lowest BCUT2D eigenvalue weighted by Crippen LogP contribution is -2.47. The first-order chi connectivity index (χ1) is 11.4. The van der Waals surface area contributed by atoms with Gasteiger partial charge in [0, 0.05) is 19.6 Å². The number of nitrogens with zero attached hydrogens (tertiary/aromatic N) is 3. The predicted octanol–water partition coefficient (Wildman–Crippen LogP) is 2.37. The Morgan fingerprint density at radius 1 is 1.12 bits per heavy atom. The van der Waals surface area contributed by atoms with Crippen LogP contribution in [0.1, 0.15) is 30.9 Å². The minimum atomic E-state index is -0.342. The van der Waals surface area contributed by atoms with E-state index < -0.39 is 0 Å². The molecule has 2 heterocycles. The molecule has 0 saturated carbocycles. The third-order valence-corrected chi connectivity index (χ3v) is 5.70. The molecule has 2 aliphatic rings. The second-order valence-electron chi connectivity index (χ2n) is 7.73. The van der Waals surface area contributed by atoms with E-state index in [1.54, 1.807) is 12.1 Å². The van der Waals surface area contributed by atoms with Gasteiger partial charge in [0.25, 0.3) is 0 Å². The Morgan fingerprint density at radius 3 is 2.21 bits per heavy atom. The van der Waals surface area contributed by atoms with Gasteiger partial charge in [-0.2, -0.15) is 0 Å². The zero-order chi connectivity index (χ0) is 17.3. The summed E-state index contributed by atoms with van der Waals surface area (Å²) >= 11 is 0. The summed E-state index contributed by atoms with van der Waals surface area (Å²) in [4.78, 5) is 19.4. The zero-order valence-electron chi connectivity index (χ0n) is 15.0. The van der Waals surface area contributed by atoms with Crippen LogP contribution in [0.5, 0.6) is 0 Å². The third kappa shape index (κ3) is 3.47. The maximum absolute atomic E-state index is 13.2. The summed E-state index contributed by atoms with van der Waals surface area (Å²) in [7, 11) is 6.00. The van der Waals surface area contributed by atoms with Crippen molar-refractivity contribution in [1.82, 2.24) is 14.7 Å². The highest BCUT2D eigenvalue weighted by atomic mass is 19.1. The third-order valence-electron chi connectivity index (χ3n) is 5.70. The molecule has 0 aliphatic carbocycles. The fourth-order valence-electron chi connectivity index (χ4n) is 4.25. The minimum Gasteiger partial charge on any atom is -0.341 e. The van der Waals surface area contributed by atoms with Crippen molar-refractivity contribution in [1.29, 1.82) is 0 Å². The van der Waals surface area contributed by atoms with Crippen LogP contribution in [0, 0.1) is 11.2 Å². The molecular weight excluding hydrogens is 305 g/mol. The molecular formula is C19H28FN3O. The molecule has 0 bridgehead atoms. The van der Waals surface area contributed by atoms with Crippen LogP contribution in [0.4, 0.5) is 4.39 Å². The Bertz CT molecular complexity index is 579. The average molecular weight is 333 g/mol. The van der Waals surface area contributed by atoms with Crippen LogP contribution in [0.3, 0.4) is 0 Å². The van der Waals surface area contributed by atoms with Crippen LogP contribution in [0.2, 0.25) is 0 Å². The molecule has 2 fully saturated rings. The largest absolute Gasteiger partial charge is 0.341 e. The first-order valence-corrected chi connectivity index (χ1v) is 8.79. The van der Waals surface area contributed by atoms with Crippen LogP contribution in [-0.2, 0) is 4.79 Å². The second-order valence-corrected chi connectivity index (χ2v) is 7.73. The summed E-state index contributed by atoms with van der Waals surface area (Å²) < 4.78 is 13.2. The Hall–Kier alpha value is -1.46.